The second-order valence-electron chi connectivity index (χ2n) is 5.97. The summed E-state index contributed by atoms with van der Waals surface area (Å²) in [7, 11) is 4.58. The van der Waals surface area contributed by atoms with E-state index in [2.05, 4.69) is 15.3 Å². The average molecular weight is 369 g/mol. The van der Waals surface area contributed by atoms with Crippen LogP contribution >= 0.6 is 0 Å². The number of ether oxygens (including phenoxy) is 3. The largest absolute Gasteiger partial charge is 0.496 e. The third-order valence-electron chi connectivity index (χ3n) is 4.26. The van der Waals surface area contributed by atoms with Crippen molar-refractivity contribution in [3.8, 4) is 17.2 Å². The van der Waals surface area contributed by atoms with E-state index in [1.165, 1.54) is 21.3 Å². The minimum absolute atomic E-state index is 0.225. The number of nitrogens with one attached hydrogen (secondary N) is 2. The van der Waals surface area contributed by atoms with Gasteiger partial charge in [-0.1, -0.05) is 12.1 Å². The predicted molar refractivity (Wildman–Crippen MR) is 103 cm³/mol. The molecule has 3 aromatic rings. The third-order valence-corrected chi connectivity index (χ3v) is 4.26. The molecule has 0 spiro atoms. The predicted octanol–water partition coefficient (Wildman–Crippen LogP) is 2.95. The molecule has 0 unspecified atom stereocenters. The van der Waals surface area contributed by atoms with Gasteiger partial charge < -0.3 is 24.5 Å². The van der Waals surface area contributed by atoms with Crippen molar-refractivity contribution in [1.29, 1.82) is 0 Å². The highest BCUT2D eigenvalue weighted by atomic mass is 16.5. The van der Waals surface area contributed by atoms with Crippen molar-refractivity contribution >= 4 is 16.9 Å². The summed E-state index contributed by atoms with van der Waals surface area (Å²) in [5.74, 6) is 2.11. The summed E-state index contributed by atoms with van der Waals surface area (Å²) in [6.07, 6.45) is 1.51. The number of aryl methyl sites for hydroxylation is 1. The van der Waals surface area contributed by atoms with Gasteiger partial charge >= 0.3 is 0 Å². The molecule has 142 valence electrons. The first-order valence-electron chi connectivity index (χ1n) is 8.68. The molecule has 0 saturated carbocycles. The Balaban J connectivity index is 1.60. The van der Waals surface area contributed by atoms with Crippen LogP contribution in [-0.4, -0.2) is 43.7 Å². The molecular formula is C20H23N3O4. The van der Waals surface area contributed by atoms with Crippen LogP contribution in [0, 0.1) is 0 Å². The Morgan fingerprint density at radius 1 is 1.04 bits per heavy atom. The lowest BCUT2D eigenvalue weighted by atomic mass is 10.1. The van der Waals surface area contributed by atoms with Gasteiger partial charge in [0.05, 0.1) is 37.9 Å². The van der Waals surface area contributed by atoms with Gasteiger partial charge in [0.25, 0.3) is 5.91 Å². The first kappa shape index (κ1) is 18.6. The molecule has 0 bridgehead atoms. The van der Waals surface area contributed by atoms with E-state index in [1.807, 2.05) is 24.3 Å². The number of para-hydroxylation sites is 2. The number of benzene rings is 2. The molecule has 27 heavy (non-hydrogen) atoms. The molecular weight excluding hydrogens is 346 g/mol. The Bertz CT molecular complexity index is 903. The molecule has 2 aromatic carbocycles. The molecule has 0 aliphatic carbocycles. The zero-order valence-electron chi connectivity index (χ0n) is 15.7. The lowest BCUT2D eigenvalue weighted by Gasteiger charge is -2.14. The number of carbonyl (C=O) groups excluding carboxylic acids is 1. The van der Waals surface area contributed by atoms with E-state index in [1.54, 1.807) is 12.1 Å². The van der Waals surface area contributed by atoms with E-state index in [9.17, 15) is 4.79 Å². The first-order valence-corrected chi connectivity index (χ1v) is 8.68. The molecule has 0 fully saturated rings. The monoisotopic (exact) mass is 369 g/mol. The smallest absolute Gasteiger partial charge is 0.255 e. The highest BCUT2D eigenvalue weighted by Crippen LogP contribution is 2.34. The number of methoxy groups -OCH3 is 3. The van der Waals surface area contributed by atoms with Gasteiger partial charge in [-0.2, -0.15) is 0 Å². The Kier molecular flexibility index (Phi) is 5.80. The van der Waals surface area contributed by atoms with Crippen LogP contribution in [0.5, 0.6) is 17.2 Å². The van der Waals surface area contributed by atoms with Crippen LogP contribution in [0.3, 0.4) is 0 Å². The normalized spacial score (nSPS) is 10.6. The Morgan fingerprint density at radius 2 is 1.74 bits per heavy atom. The van der Waals surface area contributed by atoms with E-state index < -0.39 is 0 Å². The molecule has 0 atom stereocenters. The summed E-state index contributed by atoms with van der Waals surface area (Å²) in [6.45, 7) is 0.521. The second kappa shape index (κ2) is 8.44. The van der Waals surface area contributed by atoms with Gasteiger partial charge in [-0.25, -0.2) is 4.98 Å². The number of amides is 1. The Morgan fingerprint density at radius 3 is 2.44 bits per heavy atom. The number of carbonyl (C=O) groups is 1. The Labute approximate surface area is 157 Å². The summed E-state index contributed by atoms with van der Waals surface area (Å²) in [5.41, 5.74) is 2.37. The van der Waals surface area contributed by atoms with Gasteiger partial charge in [0.1, 0.15) is 11.6 Å². The molecule has 2 N–H and O–H groups in total. The van der Waals surface area contributed by atoms with Crippen molar-refractivity contribution in [2.45, 2.75) is 12.8 Å². The van der Waals surface area contributed by atoms with Gasteiger partial charge in [0.2, 0.25) is 0 Å². The van der Waals surface area contributed by atoms with E-state index in [4.69, 9.17) is 14.2 Å². The zero-order chi connectivity index (χ0) is 19.2. The molecule has 0 saturated heterocycles. The molecule has 7 nitrogen and oxygen atoms in total. The molecule has 0 aliphatic heterocycles. The molecule has 7 heteroatoms. The standard InChI is InChI=1S/C20H23N3O4/c1-25-16-12-18(27-3)17(26-2)11-13(16)20(24)21-10-6-9-19-22-14-7-4-5-8-15(14)23-19/h4-5,7-8,11-12H,6,9-10H2,1-3H3,(H,21,24)(H,22,23). The number of rotatable bonds is 8. The second-order valence-corrected chi connectivity index (χ2v) is 5.97. The van der Waals surface area contributed by atoms with Crippen molar-refractivity contribution in [1.82, 2.24) is 15.3 Å². The van der Waals surface area contributed by atoms with Crippen LogP contribution in [0.2, 0.25) is 0 Å². The van der Waals surface area contributed by atoms with E-state index in [-0.39, 0.29) is 5.91 Å². The van der Waals surface area contributed by atoms with Gasteiger partial charge in [0.15, 0.2) is 11.5 Å². The maximum absolute atomic E-state index is 12.5. The first-order chi connectivity index (χ1) is 13.2. The quantitative estimate of drug-likeness (QED) is 0.596. The van der Waals surface area contributed by atoms with E-state index >= 15 is 0 Å². The van der Waals surface area contributed by atoms with Crippen LogP contribution < -0.4 is 19.5 Å². The number of nitrogens with zero attached hydrogens (tertiary/aromatic N) is 1. The molecule has 3 rings (SSSR count). The van der Waals surface area contributed by atoms with Crippen molar-refractivity contribution in [3.05, 3.63) is 47.8 Å². The van der Waals surface area contributed by atoms with Gasteiger partial charge in [-0.15, -0.1) is 0 Å². The van der Waals surface area contributed by atoms with E-state index in [0.29, 0.717) is 29.4 Å². The Hall–Kier alpha value is -3.22. The van der Waals surface area contributed by atoms with Crippen molar-refractivity contribution in [3.63, 3.8) is 0 Å². The summed E-state index contributed by atoms with van der Waals surface area (Å²) in [4.78, 5) is 20.4. The van der Waals surface area contributed by atoms with Gasteiger partial charge in [-0.3, -0.25) is 4.79 Å². The molecule has 1 amide bonds. The van der Waals surface area contributed by atoms with E-state index in [0.717, 1.165) is 29.7 Å². The van der Waals surface area contributed by atoms with Gasteiger partial charge in [0, 0.05) is 25.1 Å². The minimum atomic E-state index is -0.225. The topological polar surface area (TPSA) is 85.5 Å². The van der Waals surface area contributed by atoms with Crippen LogP contribution in [0.4, 0.5) is 0 Å². The molecule has 1 aromatic heterocycles. The summed E-state index contributed by atoms with van der Waals surface area (Å²) < 4.78 is 15.8. The van der Waals surface area contributed by atoms with Crippen LogP contribution in [0.15, 0.2) is 36.4 Å². The fraction of sp³-hybridized carbons (Fsp3) is 0.300. The van der Waals surface area contributed by atoms with Crippen LogP contribution in [-0.2, 0) is 6.42 Å². The summed E-state index contributed by atoms with van der Waals surface area (Å²) >= 11 is 0. The van der Waals surface area contributed by atoms with Crippen LogP contribution in [0.1, 0.15) is 22.6 Å². The fourth-order valence-electron chi connectivity index (χ4n) is 2.88. The molecule has 0 aliphatic rings. The maximum atomic E-state index is 12.5. The average Bonchev–Trinajstić information content (AvgIpc) is 3.12. The minimum Gasteiger partial charge on any atom is -0.496 e. The number of H-pyrrole nitrogens is 1. The number of fused-ring (bicyclic) bond motifs is 1. The SMILES string of the molecule is COc1cc(OC)c(C(=O)NCCCc2nc3ccccc3[nH]2)cc1OC. The molecule has 1 heterocycles. The van der Waals surface area contributed by atoms with Gasteiger partial charge in [-0.05, 0) is 18.6 Å². The zero-order valence-corrected chi connectivity index (χ0v) is 15.7. The summed E-state index contributed by atoms with van der Waals surface area (Å²) in [5, 5.41) is 2.91. The number of hydrogen-bond acceptors (Lipinski definition) is 5. The summed E-state index contributed by atoms with van der Waals surface area (Å²) in [6, 6.07) is 11.2. The number of aromatic amines is 1. The number of imidazole rings is 1. The lowest BCUT2D eigenvalue weighted by molar-refractivity contribution is 0.0949. The highest BCUT2D eigenvalue weighted by Gasteiger charge is 2.17. The van der Waals surface area contributed by atoms with Crippen molar-refractivity contribution < 1.29 is 19.0 Å². The number of hydrogen-bond donors (Lipinski definition) is 2. The third kappa shape index (κ3) is 4.13. The fourth-order valence-corrected chi connectivity index (χ4v) is 2.88. The van der Waals surface area contributed by atoms with Crippen LogP contribution in [0.25, 0.3) is 11.0 Å². The highest BCUT2D eigenvalue weighted by molar-refractivity contribution is 5.97. The van der Waals surface area contributed by atoms with Crippen molar-refractivity contribution in [2.24, 2.45) is 0 Å². The lowest BCUT2D eigenvalue weighted by Crippen LogP contribution is -2.25. The maximum Gasteiger partial charge on any atom is 0.255 e. The van der Waals surface area contributed by atoms with Crippen molar-refractivity contribution in [2.75, 3.05) is 27.9 Å². The molecule has 0 radical (unpaired) electrons. The number of aromatic nitrogens is 2.